The van der Waals surface area contributed by atoms with Gasteiger partial charge in [0.15, 0.2) is 0 Å². The lowest BCUT2D eigenvalue weighted by Crippen LogP contribution is -2.47. The molecular formula is C19H35NO. The third kappa shape index (κ3) is 4.69. The minimum absolute atomic E-state index is 0.176. The molecular weight excluding hydrogens is 258 g/mol. The van der Waals surface area contributed by atoms with Crippen LogP contribution in [0, 0.1) is 11.8 Å². The summed E-state index contributed by atoms with van der Waals surface area (Å²) in [4.78, 5) is 0. The topological polar surface area (TPSA) is 21.3 Å². The van der Waals surface area contributed by atoms with Gasteiger partial charge in [-0.05, 0) is 63.2 Å². The van der Waals surface area contributed by atoms with Crippen molar-refractivity contribution in [3.05, 3.63) is 0 Å². The molecule has 1 N–H and O–H groups in total. The molecule has 0 aromatic heterocycles. The molecule has 0 aliphatic heterocycles. The summed E-state index contributed by atoms with van der Waals surface area (Å²) in [6.07, 6.45) is 16.6. The summed E-state index contributed by atoms with van der Waals surface area (Å²) in [5.74, 6) is 1.83. The van der Waals surface area contributed by atoms with Crippen LogP contribution in [0.1, 0.15) is 84.0 Å². The standard InChI is InChI=1S/C19H35NO/c1-2-5-16-10-12-19(13-11-16,15-20-18-8-9-18)21-14-17-6-3-4-7-17/h16-18,20H,2-15H2,1H3. The van der Waals surface area contributed by atoms with Crippen LogP contribution < -0.4 is 5.32 Å². The number of rotatable bonds is 8. The number of hydrogen-bond donors (Lipinski definition) is 1. The molecule has 0 saturated heterocycles. The Kier molecular flexibility index (Phi) is 5.61. The zero-order valence-corrected chi connectivity index (χ0v) is 14.0. The van der Waals surface area contributed by atoms with Gasteiger partial charge in [-0.1, -0.05) is 32.6 Å². The van der Waals surface area contributed by atoms with Crippen molar-refractivity contribution in [1.29, 1.82) is 0 Å². The molecule has 0 radical (unpaired) electrons. The highest BCUT2D eigenvalue weighted by molar-refractivity contribution is 4.93. The van der Waals surface area contributed by atoms with Crippen molar-refractivity contribution in [2.45, 2.75) is 95.6 Å². The first-order valence-corrected chi connectivity index (χ1v) is 9.67. The van der Waals surface area contributed by atoms with Crippen molar-refractivity contribution in [3.8, 4) is 0 Å². The van der Waals surface area contributed by atoms with Gasteiger partial charge in [-0.25, -0.2) is 0 Å². The third-order valence-electron chi connectivity index (χ3n) is 6.10. The van der Waals surface area contributed by atoms with E-state index in [-0.39, 0.29) is 5.60 Å². The summed E-state index contributed by atoms with van der Waals surface area (Å²) >= 11 is 0. The maximum atomic E-state index is 6.60. The van der Waals surface area contributed by atoms with E-state index in [9.17, 15) is 0 Å². The second-order valence-corrected chi connectivity index (χ2v) is 8.03. The van der Waals surface area contributed by atoms with Gasteiger partial charge in [0.25, 0.3) is 0 Å². The van der Waals surface area contributed by atoms with Crippen molar-refractivity contribution >= 4 is 0 Å². The average Bonchev–Trinajstić information content (AvgIpc) is 3.20. The monoisotopic (exact) mass is 293 g/mol. The summed E-state index contributed by atoms with van der Waals surface area (Å²) < 4.78 is 6.60. The first-order valence-electron chi connectivity index (χ1n) is 9.67. The van der Waals surface area contributed by atoms with E-state index < -0.39 is 0 Å². The van der Waals surface area contributed by atoms with Crippen LogP contribution in [0.2, 0.25) is 0 Å². The van der Waals surface area contributed by atoms with Gasteiger partial charge >= 0.3 is 0 Å². The van der Waals surface area contributed by atoms with Crippen molar-refractivity contribution in [2.24, 2.45) is 11.8 Å². The normalized spacial score (nSPS) is 34.4. The molecule has 2 nitrogen and oxygen atoms in total. The Hall–Kier alpha value is -0.0800. The Balaban J connectivity index is 1.49. The van der Waals surface area contributed by atoms with Gasteiger partial charge in [0.2, 0.25) is 0 Å². The fourth-order valence-corrected chi connectivity index (χ4v) is 4.36. The molecule has 3 aliphatic rings. The molecule has 122 valence electrons. The zero-order valence-electron chi connectivity index (χ0n) is 14.0. The Morgan fingerprint density at radius 1 is 0.952 bits per heavy atom. The average molecular weight is 293 g/mol. The van der Waals surface area contributed by atoms with Gasteiger partial charge in [0.05, 0.1) is 12.2 Å². The van der Waals surface area contributed by atoms with E-state index in [1.165, 1.54) is 77.0 Å². The van der Waals surface area contributed by atoms with Crippen LogP contribution in [0.25, 0.3) is 0 Å². The lowest BCUT2D eigenvalue weighted by Gasteiger charge is -2.41. The van der Waals surface area contributed by atoms with Gasteiger partial charge in [-0.2, -0.15) is 0 Å². The van der Waals surface area contributed by atoms with Crippen molar-refractivity contribution < 1.29 is 4.74 Å². The second-order valence-electron chi connectivity index (χ2n) is 8.03. The Morgan fingerprint density at radius 2 is 1.67 bits per heavy atom. The molecule has 0 unspecified atom stereocenters. The Labute approximate surface area is 131 Å². The molecule has 2 heteroatoms. The second kappa shape index (κ2) is 7.46. The smallest absolute Gasteiger partial charge is 0.0806 e. The molecule has 0 aromatic carbocycles. The minimum Gasteiger partial charge on any atom is -0.373 e. The van der Waals surface area contributed by atoms with E-state index in [1.807, 2.05) is 0 Å². The predicted octanol–water partition coefficient (Wildman–Crippen LogP) is 4.67. The van der Waals surface area contributed by atoms with Crippen LogP contribution in [0.3, 0.4) is 0 Å². The molecule has 0 bridgehead atoms. The molecule has 0 spiro atoms. The van der Waals surface area contributed by atoms with Gasteiger partial charge < -0.3 is 10.1 Å². The first kappa shape index (κ1) is 15.8. The van der Waals surface area contributed by atoms with Gasteiger partial charge in [0, 0.05) is 12.6 Å². The van der Waals surface area contributed by atoms with E-state index in [0.717, 1.165) is 31.0 Å². The third-order valence-corrected chi connectivity index (χ3v) is 6.10. The van der Waals surface area contributed by atoms with Crippen LogP contribution in [0.15, 0.2) is 0 Å². The van der Waals surface area contributed by atoms with E-state index in [0.29, 0.717) is 0 Å². The molecule has 3 saturated carbocycles. The Bertz CT molecular complexity index is 299. The number of ether oxygens (including phenoxy) is 1. The highest BCUT2D eigenvalue weighted by atomic mass is 16.5. The van der Waals surface area contributed by atoms with Gasteiger partial charge in [-0.15, -0.1) is 0 Å². The summed E-state index contributed by atoms with van der Waals surface area (Å²) in [6, 6.07) is 0.810. The number of hydrogen-bond acceptors (Lipinski definition) is 2. The van der Waals surface area contributed by atoms with Crippen molar-refractivity contribution in [1.82, 2.24) is 5.32 Å². The lowest BCUT2D eigenvalue weighted by atomic mass is 9.77. The maximum absolute atomic E-state index is 6.60. The van der Waals surface area contributed by atoms with Crippen LogP contribution in [-0.2, 0) is 4.74 Å². The van der Waals surface area contributed by atoms with Gasteiger partial charge in [0.1, 0.15) is 0 Å². The lowest BCUT2D eigenvalue weighted by molar-refractivity contribution is -0.0887. The summed E-state index contributed by atoms with van der Waals surface area (Å²) in [5, 5.41) is 3.76. The SMILES string of the molecule is CCCC1CCC(CNC2CC2)(OCC2CCCC2)CC1. The fourth-order valence-electron chi connectivity index (χ4n) is 4.36. The van der Waals surface area contributed by atoms with Crippen LogP contribution in [0.5, 0.6) is 0 Å². The zero-order chi connectivity index (χ0) is 14.5. The van der Waals surface area contributed by atoms with E-state index in [1.54, 1.807) is 0 Å². The molecule has 0 heterocycles. The molecule has 21 heavy (non-hydrogen) atoms. The predicted molar refractivity (Wildman–Crippen MR) is 88.5 cm³/mol. The van der Waals surface area contributed by atoms with E-state index in [4.69, 9.17) is 4.74 Å². The van der Waals surface area contributed by atoms with E-state index in [2.05, 4.69) is 12.2 Å². The van der Waals surface area contributed by atoms with Crippen molar-refractivity contribution in [3.63, 3.8) is 0 Å². The molecule has 0 amide bonds. The van der Waals surface area contributed by atoms with Crippen molar-refractivity contribution in [2.75, 3.05) is 13.2 Å². The van der Waals surface area contributed by atoms with Crippen LogP contribution >= 0.6 is 0 Å². The largest absolute Gasteiger partial charge is 0.373 e. The maximum Gasteiger partial charge on any atom is 0.0806 e. The highest BCUT2D eigenvalue weighted by Gasteiger charge is 2.38. The first-order chi connectivity index (χ1) is 10.3. The molecule has 3 aliphatic carbocycles. The summed E-state index contributed by atoms with van der Waals surface area (Å²) in [5.41, 5.74) is 0.176. The van der Waals surface area contributed by atoms with Crippen LogP contribution in [0.4, 0.5) is 0 Å². The Morgan fingerprint density at radius 3 is 2.29 bits per heavy atom. The highest BCUT2D eigenvalue weighted by Crippen LogP contribution is 2.38. The summed E-state index contributed by atoms with van der Waals surface area (Å²) in [6.45, 7) is 4.47. The summed E-state index contributed by atoms with van der Waals surface area (Å²) in [7, 11) is 0. The number of nitrogens with one attached hydrogen (secondary N) is 1. The molecule has 3 fully saturated rings. The van der Waals surface area contributed by atoms with Crippen LogP contribution in [-0.4, -0.2) is 24.8 Å². The minimum atomic E-state index is 0.176. The fraction of sp³-hybridized carbons (Fsp3) is 1.00. The molecule has 3 rings (SSSR count). The quantitative estimate of drug-likeness (QED) is 0.702. The van der Waals surface area contributed by atoms with E-state index >= 15 is 0 Å². The molecule has 0 aromatic rings. The van der Waals surface area contributed by atoms with Gasteiger partial charge in [-0.3, -0.25) is 0 Å². The molecule has 0 atom stereocenters.